The lowest BCUT2D eigenvalue weighted by molar-refractivity contribution is -0.131. The smallest absolute Gasteiger partial charge is 0.282 e. The number of hydrogen-bond acceptors (Lipinski definition) is 10. The highest BCUT2D eigenvalue weighted by Gasteiger charge is 2.37. The number of anilines is 3. The Bertz CT molecular complexity index is 1600. The molecule has 13 heteroatoms. The van der Waals surface area contributed by atoms with Crippen LogP contribution in [0, 0.1) is 18.3 Å². The highest BCUT2D eigenvalue weighted by atomic mass is 19.1. The van der Waals surface area contributed by atoms with E-state index in [0.717, 1.165) is 27.7 Å². The second-order valence-corrected chi connectivity index (χ2v) is 11.1. The molecule has 2 aromatic heterocycles. The third-order valence-corrected chi connectivity index (χ3v) is 8.17. The molecule has 1 fully saturated rings. The van der Waals surface area contributed by atoms with Crippen LogP contribution in [0.5, 0.6) is 5.75 Å². The number of aromatic amines is 1. The van der Waals surface area contributed by atoms with Crippen LogP contribution in [0.25, 0.3) is 10.9 Å². The number of likely N-dealkylation sites (N-methyl/N-ethyl adjacent to an activating group) is 1. The fraction of sp³-hybridized carbons (Fsp3) is 0.433. The molecule has 1 unspecified atom stereocenters. The molecule has 43 heavy (non-hydrogen) atoms. The van der Waals surface area contributed by atoms with Gasteiger partial charge in [0.2, 0.25) is 11.7 Å². The Kier molecular flexibility index (Phi) is 8.38. The highest BCUT2D eigenvalue weighted by molar-refractivity contribution is 5.91. The number of ether oxygens (including phenoxy) is 1. The number of carbonyl (C=O) groups is 1. The van der Waals surface area contributed by atoms with Crippen molar-refractivity contribution in [3.05, 3.63) is 54.1 Å². The maximum absolute atomic E-state index is 13.8. The monoisotopic (exact) mass is 588 g/mol. The summed E-state index contributed by atoms with van der Waals surface area (Å²) in [7, 11) is 5.89. The number of hydrogen-bond donors (Lipinski definition) is 2. The molecule has 5 rings (SSSR count). The van der Waals surface area contributed by atoms with Crippen LogP contribution in [0.1, 0.15) is 30.0 Å². The lowest BCUT2D eigenvalue weighted by atomic mass is 9.96. The summed E-state index contributed by atoms with van der Waals surface area (Å²) in [5.41, 5.74) is 4.12. The van der Waals surface area contributed by atoms with Gasteiger partial charge in [-0.1, -0.05) is 19.2 Å². The van der Waals surface area contributed by atoms with Crippen molar-refractivity contribution in [3.63, 3.8) is 0 Å². The van der Waals surface area contributed by atoms with Crippen molar-refractivity contribution in [2.75, 3.05) is 69.0 Å². The average molecular weight is 589 g/mol. The molecule has 0 saturated carbocycles. The van der Waals surface area contributed by atoms with E-state index in [9.17, 15) is 14.4 Å². The van der Waals surface area contributed by atoms with Gasteiger partial charge in [0, 0.05) is 64.8 Å². The van der Waals surface area contributed by atoms with Gasteiger partial charge in [0.05, 0.1) is 36.3 Å². The zero-order chi connectivity index (χ0) is 30.8. The third-order valence-electron chi connectivity index (χ3n) is 8.17. The van der Waals surface area contributed by atoms with Crippen LogP contribution < -0.4 is 19.9 Å². The van der Waals surface area contributed by atoms with Crippen LogP contribution in [0.15, 0.2) is 43.0 Å². The molecule has 1 amide bonds. The standard InChI is InChI=1S/C30H37FN10O2/c1-18-7-8-23-22(15-34-37-23)25(18)24-17-43-26-27(39(24)6)35-30(33-12-10-19(2)38(4)5)36-28(26)40-13-14-41(29(42)20(3)31)21(16-40)9-11-32/h7-8,15,21,24H,2-3,9-10,12-14,16-17H2,1,4-6H3,(H,34,37)(H,33,35,36)/t21-,24?/m0/s1. The number of H-pyrrole nitrogens is 1. The van der Waals surface area contributed by atoms with Crippen LogP contribution in [-0.2, 0) is 4.79 Å². The number of piperazine rings is 1. The number of aromatic nitrogens is 4. The number of halogens is 1. The summed E-state index contributed by atoms with van der Waals surface area (Å²) >= 11 is 0. The van der Waals surface area contributed by atoms with E-state index < -0.39 is 17.8 Å². The number of aryl methyl sites for hydroxylation is 1. The van der Waals surface area contributed by atoms with Gasteiger partial charge in [-0.15, -0.1) is 0 Å². The first-order chi connectivity index (χ1) is 20.6. The predicted octanol–water partition coefficient (Wildman–Crippen LogP) is 3.52. The SMILES string of the molecule is C=C(F)C(=O)N1CCN(c2nc(NCCC(=C)N(C)C)nc3c2OCC(c2c(C)ccc4[nH]ncc24)N3C)C[C@@H]1CC#N. The Morgan fingerprint density at radius 2 is 2.05 bits per heavy atom. The van der Waals surface area contributed by atoms with Gasteiger partial charge in [-0.05, 0) is 24.1 Å². The molecule has 226 valence electrons. The van der Waals surface area contributed by atoms with Crippen LogP contribution in [0.4, 0.5) is 22.0 Å². The van der Waals surface area contributed by atoms with Crippen LogP contribution in [-0.4, -0.2) is 95.8 Å². The van der Waals surface area contributed by atoms with Crippen molar-refractivity contribution in [3.8, 4) is 11.8 Å². The molecule has 0 radical (unpaired) electrons. The number of carbonyl (C=O) groups excluding carboxylic acids is 1. The van der Waals surface area contributed by atoms with Gasteiger partial charge >= 0.3 is 0 Å². The molecule has 12 nitrogen and oxygen atoms in total. The van der Waals surface area contributed by atoms with E-state index >= 15 is 0 Å². The quantitative estimate of drug-likeness (QED) is 0.358. The van der Waals surface area contributed by atoms with Gasteiger partial charge < -0.3 is 29.7 Å². The number of amides is 1. The molecule has 2 atom stereocenters. The van der Waals surface area contributed by atoms with Crippen molar-refractivity contribution < 1.29 is 13.9 Å². The first-order valence-corrected chi connectivity index (χ1v) is 14.2. The first kappa shape index (κ1) is 29.6. The second kappa shape index (κ2) is 12.2. The molecule has 4 heterocycles. The summed E-state index contributed by atoms with van der Waals surface area (Å²) in [6.45, 7) is 11.1. The molecule has 0 spiro atoms. The molecule has 2 N–H and O–H groups in total. The molecule has 1 saturated heterocycles. The Balaban J connectivity index is 1.52. The van der Waals surface area contributed by atoms with Gasteiger partial charge in [0.1, 0.15) is 6.61 Å². The van der Waals surface area contributed by atoms with Gasteiger partial charge in [-0.2, -0.15) is 20.3 Å². The number of nitrogens with one attached hydrogen (secondary N) is 2. The van der Waals surface area contributed by atoms with E-state index in [1.54, 1.807) is 0 Å². The van der Waals surface area contributed by atoms with Crippen molar-refractivity contribution in [2.45, 2.75) is 31.8 Å². The molecular formula is C30H37FN10O2. The zero-order valence-corrected chi connectivity index (χ0v) is 25.0. The van der Waals surface area contributed by atoms with E-state index in [4.69, 9.17) is 14.7 Å². The van der Waals surface area contributed by atoms with Crippen LogP contribution in [0.2, 0.25) is 0 Å². The molecular weight excluding hydrogens is 551 g/mol. The molecule has 1 aromatic carbocycles. The summed E-state index contributed by atoms with van der Waals surface area (Å²) in [5, 5.41) is 21.1. The number of fused-ring (bicyclic) bond motifs is 2. The lowest BCUT2D eigenvalue weighted by Gasteiger charge is -2.42. The fourth-order valence-electron chi connectivity index (χ4n) is 5.67. The Hall–Kier alpha value is -4.86. The van der Waals surface area contributed by atoms with Gasteiger partial charge in [-0.25, -0.2) is 4.39 Å². The number of benzene rings is 1. The molecule has 0 aliphatic carbocycles. The summed E-state index contributed by atoms with van der Waals surface area (Å²) in [6.07, 6.45) is 2.56. The van der Waals surface area contributed by atoms with Crippen molar-refractivity contribution in [2.24, 2.45) is 0 Å². The minimum absolute atomic E-state index is 0.0391. The minimum Gasteiger partial charge on any atom is -0.484 e. The maximum atomic E-state index is 13.8. The Morgan fingerprint density at radius 3 is 2.77 bits per heavy atom. The minimum atomic E-state index is -1.04. The molecule has 3 aromatic rings. The van der Waals surface area contributed by atoms with E-state index in [2.05, 4.69) is 52.6 Å². The Labute approximate surface area is 250 Å². The second-order valence-electron chi connectivity index (χ2n) is 11.1. The lowest BCUT2D eigenvalue weighted by Crippen LogP contribution is -2.55. The van der Waals surface area contributed by atoms with Crippen LogP contribution in [0.3, 0.4) is 0 Å². The fourth-order valence-corrected chi connectivity index (χ4v) is 5.67. The van der Waals surface area contributed by atoms with Gasteiger partial charge in [0.25, 0.3) is 5.91 Å². The molecule has 2 aliphatic rings. The van der Waals surface area contributed by atoms with E-state index in [1.807, 2.05) is 43.2 Å². The summed E-state index contributed by atoms with van der Waals surface area (Å²) in [6, 6.07) is 5.52. The molecule has 0 bridgehead atoms. The van der Waals surface area contributed by atoms with E-state index in [-0.39, 0.29) is 25.6 Å². The highest BCUT2D eigenvalue weighted by Crippen LogP contribution is 2.45. The number of nitriles is 1. The van der Waals surface area contributed by atoms with Crippen molar-refractivity contribution >= 4 is 34.4 Å². The Morgan fingerprint density at radius 1 is 1.28 bits per heavy atom. The molecule has 2 aliphatic heterocycles. The van der Waals surface area contributed by atoms with E-state index in [0.29, 0.717) is 49.5 Å². The van der Waals surface area contributed by atoms with Gasteiger partial charge in [-0.3, -0.25) is 9.89 Å². The summed E-state index contributed by atoms with van der Waals surface area (Å²) in [4.78, 5) is 29.7. The first-order valence-electron chi connectivity index (χ1n) is 14.2. The van der Waals surface area contributed by atoms with Crippen molar-refractivity contribution in [1.82, 2.24) is 30.0 Å². The van der Waals surface area contributed by atoms with Crippen molar-refractivity contribution in [1.29, 1.82) is 5.26 Å². The predicted molar refractivity (Wildman–Crippen MR) is 164 cm³/mol. The zero-order valence-electron chi connectivity index (χ0n) is 25.0. The number of rotatable bonds is 9. The largest absolute Gasteiger partial charge is 0.484 e. The number of nitrogens with zero attached hydrogens (tertiary/aromatic N) is 8. The third kappa shape index (κ3) is 5.77. The van der Waals surface area contributed by atoms with Crippen LogP contribution >= 0.6 is 0 Å². The summed E-state index contributed by atoms with van der Waals surface area (Å²) < 4.78 is 20.2. The van der Waals surface area contributed by atoms with E-state index in [1.165, 1.54) is 4.90 Å². The maximum Gasteiger partial charge on any atom is 0.282 e. The average Bonchev–Trinajstić information content (AvgIpc) is 3.46. The summed E-state index contributed by atoms with van der Waals surface area (Å²) in [5.74, 6) is 0.266. The normalized spacial score (nSPS) is 18.1. The van der Waals surface area contributed by atoms with Gasteiger partial charge in [0.15, 0.2) is 17.5 Å². The topological polar surface area (TPSA) is 130 Å².